The van der Waals surface area contributed by atoms with E-state index >= 15 is 0 Å². The van der Waals surface area contributed by atoms with Gasteiger partial charge in [0.1, 0.15) is 0 Å². The molecule has 1 aliphatic carbocycles. The molecule has 1 atom stereocenters. The SMILES string of the molecule is O=C1C(Cc2ccc(-c3ccncc3)cc2Cl)CCCN1[C@H]1CC[C@@H](O)CC1. The Labute approximate surface area is 171 Å². The van der Waals surface area contributed by atoms with Crippen LogP contribution in [-0.4, -0.2) is 39.6 Å². The molecule has 0 spiro atoms. The second kappa shape index (κ2) is 8.62. The number of rotatable bonds is 4. The number of aromatic nitrogens is 1. The maximum absolute atomic E-state index is 13.1. The lowest BCUT2D eigenvalue weighted by Gasteiger charge is -2.40. The van der Waals surface area contributed by atoms with Crippen LogP contribution in [0.25, 0.3) is 11.1 Å². The van der Waals surface area contributed by atoms with Crippen LogP contribution in [0.5, 0.6) is 0 Å². The van der Waals surface area contributed by atoms with Gasteiger partial charge in [0.2, 0.25) is 5.91 Å². The maximum atomic E-state index is 13.1. The van der Waals surface area contributed by atoms with Crippen LogP contribution >= 0.6 is 11.6 Å². The van der Waals surface area contributed by atoms with E-state index in [0.717, 1.165) is 66.8 Å². The Hall–Kier alpha value is -1.91. The normalized spacial score (nSPS) is 25.7. The molecule has 148 valence electrons. The summed E-state index contributed by atoms with van der Waals surface area (Å²) in [6, 6.07) is 10.3. The molecule has 1 aromatic heterocycles. The summed E-state index contributed by atoms with van der Waals surface area (Å²) in [5.74, 6) is 0.270. The predicted octanol–water partition coefficient (Wildman–Crippen LogP) is 4.49. The van der Waals surface area contributed by atoms with Crippen molar-refractivity contribution in [2.24, 2.45) is 5.92 Å². The zero-order valence-corrected chi connectivity index (χ0v) is 16.8. The van der Waals surface area contributed by atoms with Gasteiger partial charge in [-0.25, -0.2) is 0 Å². The molecule has 2 fully saturated rings. The molecule has 1 saturated heterocycles. The summed E-state index contributed by atoms with van der Waals surface area (Å²) in [4.78, 5) is 19.3. The molecule has 1 aliphatic heterocycles. The second-order valence-corrected chi connectivity index (χ2v) is 8.49. The van der Waals surface area contributed by atoms with Crippen LogP contribution in [0.1, 0.15) is 44.1 Å². The first-order chi connectivity index (χ1) is 13.6. The highest BCUT2D eigenvalue weighted by atomic mass is 35.5. The number of aliphatic hydroxyl groups excluding tert-OH is 1. The molecule has 4 rings (SSSR count). The zero-order chi connectivity index (χ0) is 19.5. The molecule has 2 aromatic rings. The molecule has 28 heavy (non-hydrogen) atoms. The number of nitrogens with zero attached hydrogens (tertiary/aromatic N) is 2. The van der Waals surface area contributed by atoms with Crippen LogP contribution in [0.3, 0.4) is 0 Å². The molecule has 1 amide bonds. The average molecular weight is 399 g/mol. The van der Waals surface area contributed by atoms with Gasteiger partial charge >= 0.3 is 0 Å². The Balaban J connectivity index is 1.45. The molecule has 1 saturated carbocycles. The van der Waals surface area contributed by atoms with Crippen LogP contribution in [0.15, 0.2) is 42.7 Å². The van der Waals surface area contributed by atoms with Gasteiger partial charge in [-0.1, -0.05) is 23.7 Å². The van der Waals surface area contributed by atoms with E-state index in [2.05, 4.69) is 22.0 Å². The number of likely N-dealkylation sites (tertiary alicyclic amines) is 1. The first-order valence-corrected chi connectivity index (χ1v) is 10.7. The maximum Gasteiger partial charge on any atom is 0.226 e. The number of hydrogen-bond acceptors (Lipinski definition) is 3. The topological polar surface area (TPSA) is 53.4 Å². The van der Waals surface area contributed by atoms with E-state index < -0.39 is 0 Å². The molecule has 0 bridgehead atoms. The van der Waals surface area contributed by atoms with Crippen molar-refractivity contribution in [3.63, 3.8) is 0 Å². The predicted molar refractivity (Wildman–Crippen MR) is 111 cm³/mol. The van der Waals surface area contributed by atoms with Crippen LogP contribution in [-0.2, 0) is 11.2 Å². The fraction of sp³-hybridized carbons (Fsp3) is 0.478. The fourth-order valence-corrected chi connectivity index (χ4v) is 4.86. The molecule has 1 aromatic carbocycles. The van der Waals surface area contributed by atoms with Gasteiger partial charge in [-0.2, -0.15) is 0 Å². The highest BCUT2D eigenvalue weighted by molar-refractivity contribution is 6.31. The number of carbonyl (C=O) groups excluding carboxylic acids is 1. The number of aliphatic hydroxyl groups is 1. The average Bonchev–Trinajstić information content (AvgIpc) is 2.72. The van der Waals surface area contributed by atoms with Gasteiger partial charge in [0.05, 0.1) is 6.10 Å². The molecule has 1 N–H and O–H groups in total. The van der Waals surface area contributed by atoms with E-state index in [0.29, 0.717) is 12.5 Å². The van der Waals surface area contributed by atoms with E-state index in [1.54, 1.807) is 12.4 Å². The molecule has 5 heteroatoms. The highest BCUT2D eigenvalue weighted by Gasteiger charge is 2.35. The van der Waals surface area contributed by atoms with Gasteiger partial charge < -0.3 is 10.0 Å². The van der Waals surface area contributed by atoms with Gasteiger partial charge in [-0.05, 0) is 79.8 Å². The quantitative estimate of drug-likeness (QED) is 0.825. The Bertz CT molecular complexity index is 819. The summed E-state index contributed by atoms with van der Waals surface area (Å²) in [5, 5.41) is 10.5. The molecule has 4 nitrogen and oxygen atoms in total. The first kappa shape index (κ1) is 19.4. The summed E-state index contributed by atoms with van der Waals surface area (Å²) in [7, 11) is 0. The van der Waals surface area contributed by atoms with E-state index in [9.17, 15) is 9.90 Å². The first-order valence-electron chi connectivity index (χ1n) is 10.3. The van der Waals surface area contributed by atoms with Crippen molar-refractivity contribution in [3.8, 4) is 11.1 Å². The van der Waals surface area contributed by atoms with Gasteiger partial charge in [0.25, 0.3) is 0 Å². The second-order valence-electron chi connectivity index (χ2n) is 8.08. The number of amides is 1. The minimum absolute atomic E-state index is 0.00451. The van der Waals surface area contributed by atoms with E-state index in [4.69, 9.17) is 11.6 Å². The third kappa shape index (κ3) is 4.23. The van der Waals surface area contributed by atoms with E-state index in [1.165, 1.54) is 0 Å². The largest absolute Gasteiger partial charge is 0.393 e. The van der Waals surface area contributed by atoms with Gasteiger partial charge in [-0.3, -0.25) is 9.78 Å². The number of halogens is 1. The van der Waals surface area contributed by atoms with Crippen molar-refractivity contribution < 1.29 is 9.90 Å². The van der Waals surface area contributed by atoms with Crippen molar-refractivity contribution in [1.82, 2.24) is 9.88 Å². The van der Waals surface area contributed by atoms with Crippen LogP contribution in [0.4, 0.5) is 0 Å². The highest BCUT2D eigenvalue weighted by Crippen LogP contribution is 2.32. The Kier molecular flexibility index (Phi) is 5.98. The standard InChI is InChI=1S/C23H27ClN2O2/c24-22-15-17(16-9-11-25-12-10-16)3-4-18(22)14-19-2-1-13-26(23(19)28)20-5-7-21(27)8-6-20/h3-4,9-12,15,19-21,27H,1-2,5-8,13-14H2/t19?,20-,21+. The lowest BCUT2D eigenvalue weighted by atomic mass is 9.86. The smallest absolute Gasteiger partial charge is 0.226 e. The number of carbonyl (C=O) groups is 1. The third-order valence-corrected chi connectivity index (χ3v) is 6.58. The van der Waals surface area contributed by atoms with Crippen LogP contribution in [0.2, 0.25) is 5.02 Å². The monoisotopic (exact) mass is 398 g/mol. The Morgan fingerprint density at radius 3 is 2.50 bits per heavy atom. The third-order valence-electron chi connectivity index (χ3n) is 6.22. The minimum Gasteiger partial charge on any atom is -0.393 e. The van der Waals surface area contributed by atoms with Crippen molar-refractivity contribution in [1.29, 1.82) is 0 Å². The van der Waals surface area contributed by atoms with Gasteiger partial charge in [0.15, 0.2) is 0 Å². The number of piperidine rings is 1. The molecule has 0 radical (unpaired) electrons. The summed E-state index contributed by atoms with van der Waals surface area (Å²) < 4.78 is 0. The van der Waals surface area contributed by atoms with Crippen LogP contribution < -0.4 is 0 Å². The van der Waals surface area contributed by atoms with E-state index in [-0.39, 0.29) is 17.9 Å². The summed E-state index contributed by atoms with van der Waals surface area (Å²) >= 11 is 6.58. The lowest BCUT2D eigenvalue weighted by Crippen LogP contribution is -2.49. The molecule has 2 heterocycles. The summed E-state index contributed by atoms with van der Waals surface area (Å²) in [6.07, 6.45) is 9.47. The Morgan fingerprint density at radius 1 is 1.04 bits per heavy atom. The van der Waals surface area contributed by atoms with Crippen LogP contribution in [0, 0.1) is 5.92 Å². The summed E-state index contributed by atoms with van der Waals surface area (Å²) in [6.45, 7) is 0.852. The number of hydrogen-bond donors (Lipinski definition) is 1. The van der Waals surface area contributed by atoms with Gasteiger partial charge in [-0.15, -0.1) is 0 Å². The van der Waals surface area contributed by atoms with Crippen molar-refractivity contribution in [2.45, 2.75) is 57.1 Å². The fourth-order valence-electron chi connectivity index (χ4n) is 4.60. The molecular formula is C23H27ClN2O2. The van der Waals surface area contributed by atoms with Gasteiger partial charge in [0, 0.05) is 35.9 Å². The molecule has 1 unspecified atom stereocenters. The number of benzene rings is 1. The van der Waals surface area contributed by atoms with Crippen molar-refractivity contribution in [2.75, 3.05) is 6.54 Å². The number of pyridine rings is 1. The Morgan fingerprint density at radius 2 is 1.79 bits per heavy atom. The van der Waals surface area contributed by atoms with Crippen molar-refractivity contribution >= 4 is 17.5 Å². The van der Waals surface area contributed by atoms with Crippen molar-refractivity contribution in [3.05, 3.63) is 53.3 Å². The summed E-state index contributed by atoms with van der Waals surface area (Å²) in [5.41, 5.74) is 3.19. The molecular weight excluding hydrogens is 372 g/mol. The minimum atomic E-state index is -0.190. The zero-order valence-electron chi connectivity index (χ0n) is 16.1. The van der Waals surface area contributed by atoms with E-state index in [1.807, 2.05) is 18.2 Å². The molecule has 2 aliphatic rings. The lowest BCUT2D eigenvalue weighted by molar-refractivity contribution is -0.142.